The molecule has 1 aromatic carbocycles. The van der Waals surface area contributed by atoms with E-state index in [2.05, 4.69) is 35.8 Å². The Morgan fingerprint density at radius 3 is 2.14 bits per heavy atom. The van der Waals surface area contributed by atoms with Crippen molar-refractivity contribution in [2.75, 3.05) is 0 Å². The molecular weight excluding hydrogens is 196 g/mol. The molecule has 0 aromatic heterocycles. The average Bonchev–Trinajstić information content (AvgIpc) is 2.02. The van der Waals surface area contributed by atoms with Crippen LogP contribution in [0.3, 0.4) is 0 Å². The first-order chi connectivity index (χ1) is 6.29. The van der Waals surface area contributed by atoms with Crippen LogP contribution in [0.25, 0.3) is 0 Å². The number of rotatable bonds is 2. The number of halogens is 1. The van der Waals surface area contributed by atoms with Crippen LogP contribution in [0.15, 0.2) is 30.3 Å². The molecule has 3 saturated carbocycles. The molecular formula is C11H15ClN2. The minimum atomic E-state index is 0. The Kier molecular flexibility index (Phi) is 2.11. The van der Waals surface area contributed by atoms with Crippen LogP contribution in [-0.4, -0.2) is 5.54 Å². The van der Waals surface area contributed by atoms with E-state index in [0.29, 0.717) is 11.0 Å². The number of hydrogen-bond acceptors (Lipinski definition) is 2. The SMILES string of the molecule is Cl.NNC12CC(c3ccccc3)(C1)C2. The van der Waals surface area contributed by atoms with Gasteiger partial charge in [0.2, 0.25) is 0 Å². The number of nitrogens with two attached hydrogens (primary N) is 1. The van der Waals surface area contributed by atoms with Gasteiger partial charge in [0.05, 0.1) is 0 Å². The Morgan fingerprint density at radius 2 is 1.64 bits per heavy atom. The lowest BCUT2D eigenvalue weighted by Gasteiger charge is -2.70. The molecule has 0 atom stereocenters. The van der Waals surface area contributed by atoms with Gasteiger partial charge in [0.25, 0.3) is 0 Å². The molecule has 0 amide bonds. The molecule has 3 N–H and O–H groups in total. The summed E-state index contributed by atoms with van der Waals surface area (Å²) in [5.74, 6) is 5.49. The molecule has 0 unspecified atom stereocenters. The molecule has 3 aliphatic rings. The van der Waals surface area contributed by atoms with Crippen molar-refractivity contribution >= 4 is 12.4 Å². The molecule has 0 radical (unpaired) electrons. The monoisotopic (exact) mass is 210 g/mol. The third-order valence-corrected chi connectivity index (χ3v) is 3.72. The summed E-state index contributed by atoms with van der Waals surface area (Å²) in [6, 6.07) is 10.8. The summed E-state index contributed by atoms with van der Waals surface area (Å²) >= 11 is 0. The zero-order valence-corrected chi connectivity index (χ0v) is 8.81. The Balaban J connectivity index is 0.000000750. The lowest BCUT2D eigenvalue weighted by molar-refractivity contribution is -0.0882. The summed E-state index contributed by atoms with van der Waals surface area (Å²) in [6.45, 7) is 0. The van der Waals surface area contributed by atoms with E-state index in [1.807, 2.05) is 0 Å². The Morgan fingerprint density at radius 1 is 1.07 bits per heavy atom. The van der Waals surface area contributed by atoms with E-state index >= 15 is 0 Å². The molecule has 1 aromatic rings. The fourth-order valence-corrected chi connectivity index (χ4v) is 3.04. The van der Waals surface area contributed by atoms with Gasteiger partial charge in [-0.25, -0.2) is 0 Å². The van der Waals surface area contributed by atoms with Gasteiger partial charge in [-0.1, -0.05) is 30.3 Å². The first-order valence-corrected chi connectivity index (χ1v) is 4.82. The van der Waals surface area contributed by atoms with Gasteiger partial charge in [0.15, 0.2) is 0 Å². The minimum absolute atomic E-state index is 0. The van der Waals surface area contributed by atoms with Crippen molar-refractivity contribution in [2.45, 2.75) is 30.2 Å². The van der Waals surface area contributed by atoms with Crippen molar-refractivity contribution < 1.29 is 0 Å². The first-order valence-electron chi connectivity index (χ1n) is 4.82. The zero-order valence-electron chi connectivity index (χ0n) is 7.99. The standard InChI is InChI=1S/C11H14N2.ClH/c12-13-11-6-10(7-11,8-11)9-4-2-1-3-5-9;/h1-5,13H,6-8,12H2;1H. The second-order valence-electron chi connectivity index (χ2n) is 4.60. The lowest BCUT2D eigenvalue weighted by atomic mass is 9.38. The van der Waals surface area contributed by atoms with Crippen LogP contribution in [0.1, 0.15) is 24.8 Å². The Bertz CT molecular complexity index is 317. The predicted molar refractivity (Wildman–Crippen MR) is 59.3 cm³/mol. The van der Waals surface area contributed by atoms with Gasteiger partial charge in [-0.15, -0.1) is 12.4 Å². The zero-order chi connectivity index (χ0) is 8.94. The Labute approximate surface area is 90.3 Å². The minimum Gasteiger partial charge on any atom is -0.271 e. The van der Waals surface area contributed by atoms with Crippen molar-refractivity contribution in [1.82, 2.24) is 5.43 Å². The molecule has 3 aliphatic carbocycles. The molecule has 14 heavy (non-hydrogen) atoms. The van der Waals surface area contributed by atoms with E-state index in [9.17, 15) is 0 Å². The van der Waals surface area contributed by atoms with E-state index in [0.717, 1.165) is 0 Å². The summed E-state index contributed by atoms with van der Waals surface area (Å²) in [7, 11) is 0. The van der Waals surface area contributed by atoms with Crippen LogP contribution < -0.4 is 11.3 Å². The molecule has 3 fully saturated rings. The highest BCUT2D eigenvalue weighted by molar-refractivity contribution is 5.85. The van der Waals surface area contributed by atoms with Crippen molar-refractivity contribution in [3.8, 4) is 0 Å². The maximum atomic E-state index is 5.49. The van der Waals surface area contributed by atoms with E-state index in [4.69, 9.17) is 5.84 Å². The number of hydrogen-bond donors (Lipinski definition) is 2. The normalized spacial score (nSPS) is 37.8. The van der Waals surface area contributed by atoms with Gasteiger partial charge < -0.3 is 0 Å². The highest BCUT2D eigenvalue weighted by Crippen LogP contribution is 2.67. The van der Waals surface area contributed by atoms with Gasteiger partial charge in [-0.2, -0.15) is 0 Å². The number of nitrogens with one attached hydrogen (secondary N) is 1. The second-order valence-corrected chi connectivity index (χ2v) is 4.60. The van der Waals surface area contributed by atoms with Gasteiger partial charge in [-0.3, -0.25) is 11.3 Å². The fraction of sp³-hybridized carbons (Fsp3) is 0.455. The van der Waals surface area contributed by atoms with E-state index in [1.54, 1.807) is 0 Å². The largest absolute Gasteiger partial charge is 0.271 e. The van der Waals surface area contributed by atoms with Crippen LogP contribution in [0.2, 0.25) is 0 Å². The lowest BCUT2D eigenvalue weighted by Crippen LogP contribution is -2.77. The summed E-state index contributed by atoms with van der Waals surface area (Å²) in [6.07, 6.45) is 3.67. The maximum Gasteiger partial charge on any atom is 0.0346 e. The predicted octanol–water partition coefficient (Wildman–Crippen LogP) is 1.75. The van der Waals surface area contributed by atoms with E-state index < -0.39 is 0 Å². The molecule has 76 valence electrons. The highest BCUT2D eigenvalue weighted by Gasteiger charge is 2.67. The number of benzene rings is 1. The van der Waals surface area contributed by atoms with Gasteiger partial charge in [-0.05, 0) is 24.8 Å². The molecule has 2 nitrogen and oxygen atoms in total. The third kappa shape index (κ3) is 1.05. The summed E-state index contributed by atoms with van der Waals surface area (Å²) < 4.78 is 0. The first kappa shape index (κ1) is 9.97. The quantitative estimate of drug-likeness (QED) is 0.577. The summed E-state index contributed by atoms with van der Waals surface area (Å²) in [5.41, 5.74) is 5.21. The second kappa shape index (κ2) is 2.96. The summed E-state index contributed by atoms with van der Waals surface area (Å²) in [4.78, 5) is 0. The molecule has 0 aliphatic heterocycles. The van der Waals surface area contributed by atoms with Crippen molar-refractivity contribution in [2.24, 2.45) is 5.84 Å². The smallest absolute Gasteiger partial charge is 0.0346 e. The molecule has 4 rings (SSSR count). The topological polar surface area (TPSA) is 38.0 Å². The van der Waals surface area contributed by atoms with E-state index in [1.165, 1.54) is 24.8 Å². The van der Waals surface area contributed by atoms with Crippen LogP contribution in [0, 0.1) is 0 Å². The van der Waals surface area contributed by atoms with Gasteiger partial charge in [0.1, 0.15) is 0 Å². The van der Waals surface area contributed by atoms with Crippen molar-refractivity contribution in [3.63, 3.8) is 0 Å². The van der Waals surface area contributed by atoms with Crippen LogP contribution in [0.5, 0.6) is 0 Å². The summed E-state index contributed by atoms with van der Waals surface area (Å²) in [5, 5.41) is 0. The van der Waals surface area contributed by atoms with E-state index in [-0.39, 0.29) is 12.4 Å². The van der Waals surface area contributed by atoms with Gasteiger partial charge in [0, 0.05) is 11.0 Å². The Hall–Kier alpha value is -0.570. The molecule has 0 spiro atoms. The number of hydrazine groups is 1. The van der Waals surface area contributed by atoms with Crippen LogP contribution in [-0.2, 0) is 5.41 Å². The fourth-order valence-electron chi connectivity index (χ4n) is 3.04. The molecule has 0 heterocycles. The molecule has 3 heteroatoms. The van der Waals surface area contributed by atoms with Crippen molar-refractivity contribution in [3.05, 3.63) is 35.9 Å². The van der Waals surface area contributed by atoms with Gasteiger partial charge >= 0.3 is 0 Å². The maximum absolute atomic E-state index is 5.49. The van der Waals surface area contributed by atoms with Crippen LogP contribution in [0.4, 0.5) is 0 Å². The highest BCUT2D eigenvalue weighted by atomic mass is 35.5. The van der Waals surface area contributed by atoms with Crippen LogP contribution >= 0.6 is 12.4 Å². The third-order valence-electron chi connectivity index (χ3n) is 3.72. The molecule has 2 bridgehead atoms. The average molecular weight is 211 g/mol. The van der Waals surface area contributed by atoms with Crippen molar-refractivity contribution in [1.29, 1.82) is 0 Å². The molecule has 0 saturated heterocycles.